The number of aromatic nitrogens is 3. The smallest absolute Gasteiger partial charge is 0.341 e. The summed E-state index contributed by atoms with van der Waals surface area (Å²) in [5.74, 6) is 0.552. The number of nitrogens with zero attached hydrogens (tertiary/aromatic N) is 3. The summed E-state index contributed by atoms with van der Waals surface area (Å²) in [7, 11) is 4.80. The number of carbonyl (C=O) groups is 3. The Morgan fingerprint density at radius 1 is 1.13 bits per heavy atom. The van der Waals surface area contributed by atoms with Gasteiger partial charge >= 0.3 is 5.97 Å². The van der Waals surface area contributed by atoms with Crippen molar-refractivity contribution in [1.82, 2.24) is 20.1 Å². The molecule has 1 aromatic carbocycles. The van der Waals surface area contributed by atoms with Gasteiger partial charge in [0, 0.05) is 23.6 Å². The highest BCUT2D eigenvalue weighted by Gasteiger charge is 2.29. The number of fused-ring (bicyclic) bond motifs is 1. The molecule has 1 aliphatic carbocycles. The number of hydrogen-bond donors (Lipinski definition) is 2. The predicted octanol–water partition coefficient (Wildman–Crippen LogP) is 3.61. The fourth-order valence-corrected chi connectivity index (χ4v) is 6.25. The molecule has 4 rings (SSSR count). The van der Waals surface area contributed by atoms with Gasteiger partial charge in [0.25, 0.3) is 5.91 Å². The van der Waals surface area contributed by atoms with E-state index in [1.807, 2.05) is 0 Å². The van der Waals surface area contributed by atoms with Crippen molar-refractivity contribution in [1.29, 1.82) is 0 Å². The summed E-state index contributed by atoms with van der Waals surface area (Å²) in [5, 5.41) is 14.6. The van der Waals surface area contributed by atoms with E-state index in [1.165, 1.54) is 37.3 Å². The molecule has 1 aliphatic rings. The molecule has 0 aliphatic heterocycles. The van der Waals surface area contributed by atoms with Gasteiger partial charge in [0.1, 0.15) is 16.5 Å². The molecule has 0 saturated carbocycles. The van der Waals surface area contributed by atoms with E-state index in [2.05, 4.69) is 20.8 Å². The highest BCUT2D eigenvalue weighted by atomic mass is 32.2. The monoisotopic (exact) mass is 573 g/mol. The molecule has 13 heteroatoms. The number of ether oxygens (including phenoxy) is 3. The topological polar surface area (TPSA) is 134 Å². The number of benzene rings is 1. The summed E-state index contributed by atoms with van der Waals surface area (Å²) in [5.41, 5.74) is 1.85. The van der Waals surface area contributed by atoms with Crippen LogP contribution in [0.5, 0.6) is 11.5 Å². The first-order chi connectivity index (χ1) is 18.7. The van der Waals surface area contributed by atoms with Crippen molar-refractivity contribution in [2.24, 2.45) is 7.05 Å². The van der Waals surface area contributed by atoms with Gasteiger partial charge in [-0.05, 0) is 50.8 Å². The Bertz CT molecular complexity index is 1360. The van der Waals surface area contributed by atoms with Crippen molar-refractivity contribution >= 4 is 45.9 Å². The standard InChI is InChI=1S/C26H31N5O6S2/c1-6-37-25(34)21-18-8-7-9-19(18)39-24(21)28-22(32)14(2)38-26-30-29-20(31(26)3)13-27-23(33)15-10-16(35-4)12-17(11-15)36-5/h10-12,14H,6-9,13H2,1-5H3,(H,27,33)(H,28,32)/t14-/m1/s1. The maximum atomic E-state index is 13.1. The summed E-state index contributed by atoms with van der Waals surface area (Å²) in [6.07, 6.45) is 2.71. The van der Waals surface area contributed by atoms with Crippen LogP contribution in [0.2, 0.25) is 0 Å². The van der Waals surface area contributed by atoms with Crippen molar-refractivity contribution in [2.75, 3.05) is 26.1 Å². The van der Waals surface area contributed by atoms with Gasteiger partial charge in [0.2, 0.25) is 5.91 Å². The minimum Gasteiger partial charge on any atom is -0.497 e. The number of carbonyl (C=O) groups excluding carboxylic acids is 3. The van der Waals surface area contributed by atoms with Crippen molar-refractivity contribution in [3.8, 4) is 11.5 Å². The first kappa shape index (κ1) is 28.4. The second-order valence-corrected chi connectivity index (χ2v) is 11.2. The van der Waals surface area contributed by atoms with E-state index in [0.29, 0.717) is 38.6 Å². The highest BCUT2D eigenvalue weighted by molar-refractivity contribution is 8.00. The number of esters is 1. The fraction of sp³-hybridized carbons (Fsp3) is 0.423. The van der Waals surface area contributed by atoms with Gasteiger partial charge < -0.3 is 29.4 Å². The molecular formula is C26H31N5O6S2. The largest absolute Gasteiger partial charge is 0.497 e. The van der Waals surface area contributed by atoms with Gasteiger partial charge in [-0.15, -0.1) is 21.5 Å². The number of amides is 2. The van der Waals surface area contributed by atoms with Crippen LogP contribution in [0, 0.1) is 0 Å². The molecule has 2 aromatic heterocycles. The maximum absolute atomic E-state index is 13.1. The zero-order valence-electron chi connectivity index (χ0n) is 22.5. The Hall–Kier alpha value is -3.58. The number of hydrogen-bond acceptors (Lipinski definition) is 10. The molecule has 0 radical (unpaired) electrons. The number of aryl methyl sites for hydroxylation is 1. The van der Waals surface area contributed by atoms with Gasteiger partial charge in [-0.25, -0.2) is 4.79 Å². The lowest BCUT2D eigenvalue weighted by molar-refractivity contribution is -0.115. The van der Waals surface area contributed by atoms with Crippen LogP contribution in [-0.2, 0) is 36.0 Å². The fourth-order valence-electron chi connectivity index (χ4n) is 4.14. The molecular weight excluding hydrogens is 542 g/mol. The Labute approximate surface area is 234 Å². The van der Waals surface area contributed by atoms with Crippen molar-refractivity contribution < 1.29 is 28.6 Å². The maximum Gasteiger partial charge on any atom is 0.341 e. The van der Waals surface area contributed by atoms with Crippen LogP contribution in [0.25, 0.3) is 0 Å². The minimum absolute atomic E-state index is 0.132. The van der Waals surface area contributed by atoms with E-state index >= 15 is 0 Å². The summed E-state index contributed by atoms with van der Waals surface area (Å²) >= 11 is 2.68. The Kier molecular flexibility index (Phi) is 9.12. The minimum atomic E-state index is -0.522. The second-order valence-electron chi connectivity index (χ2n) is 8.77. The number of thiophene rings is 1. The normalized spacial score (nSPS) is 12.9. The van der Waals surface area contributed by atoms with Crippen LogP contribution in [-0.4, -0.2) is 58.6 Å². The summed E-state index contributed by atoms with van der Waals surface area (Å²) in [6.45, 7) is 3.92. The average Bonchev–Trinajstić information content (AvgIpc) is 3.61. The lowest BCUT2D eigenvalue weighted by atomic mass is 10.1. The van der Waals surface area contributed by atoms with Crippen LogP contribution in [0.4, 0.5) is 5.00 Å². The molecule has 0 unspecified atom stereocenters. The molecule has 1 atom stereocenters. The molecule has 2 amide bonds. The molecule has 39 heavy (non-hydrogen) atoms. The Balaban J connectivity index is 1.39. The first-order valence-electron chi connectivity index (χ1n) is 12.4. The van der Waals surface area contributed by atoms with Crippen LogP contribution in [0.3, 0.4) is 0 Å². The molecule has 0 bridgehead atoms. The lowest BCUT2D eigenvalue weighted by Gasteiger charge is -2.12. The zero-order valence-corrected chi connectivity index (χ0v) is 24.1. The zero-order chi connectivity index (χ0) is 28.1. The summed E-state index contributed by atoms with van der Waals surface area (Å²) < 4.78 is 17.4. The third kappa shape index (κ3) is 6.36. The number of rotatable bonds is 11. The number of thioether (sulfide) groups is 1. The molecule has 0 spiro atoms. The number of anilines is 1. The molecule has 3 aromatic rings. The van der Waals surface area contributed by atoms with E-state index in [0.717, 1.165) is 29.7 Å². The number of methoxy groups -OCH3 is 2. The molecule has 0 fully saturated rings. The van der Waals surface area contributed by atoms with Gasteiger partial charge in [-0.2, -0.15) is 0 Å². The van der Waals surface area contributed by atoms with Crippen LogP contribution in [0.1, 0.15) is 57.2 Å². The molecule has 208 valence electrons. The SMILES string of the molecule is CCOC(=O)c1c(NC(=O)[C@@H](C)Sc2nnc(CNC(=O)c3cc(OC)cc(OC)c3)n2C)sc2c1CCC2. The third-order valence-corrected chi connectivity index (χ3v) is 8.58. The highest BCUT2D eigenvalue weighted by Crippen LogP contribution is 2.40. The van der Waals surface area contributed by atoms with E-state index in [-0.39, 0.29) is 25.0 Å². The van der Waals surface area contributed by atoms with E-state index in [9.17, 15) is 14.4 Å². The van der Waals surface area contributed by atoms with Crippen LogP contribution in [0.15, 0.2) is 23.4 Å². The quantitative estimate of drug-likeness (QED) is 0.261. The van der Waals surface area contributed by atoms with Crippen molar-refractivity contribution in [3.05, 3.63) is 45.6 Å². The van der Waals surface area contributed by atoms with Crippen molar-refractivity contribution in [2.45, 2.75) is 50.1 Å². The molecule has 2 N–H and O–H groups in total. The molecule has 11 nitrogen and oxygen atoms in total. The van der Waals surface area contributed by atoms with Crippen molar-refractivity contribution in [3.63, 3.8) is 0 Å². The van der Waals surface area contributed by atoms with Gasteiger partial charge in [0.15, 0.2) is 11.0 Å². The van der Waals surface area contributed by atoms with Gasteiger partial charge in [-0.1, -0.05) is 11.8 Å². The summed E-state index contributed by atoms with van der Waals surface area (Å²) in [4.78, 5) is 39.5. The van der Waals surface area contributed by atoms with Gasteiger partial charge in [-0.3, -0.25) is 9.59 Å². The van der Waals surface area contributed by atoms with Crippen LogP contribution < -0.4 is 20.1 Å². The predicted molar refractivity (Wildman–Crippen MR) is 148 cm³/mol. The average molecular weight is 574 g/mol. The van der Waals surface area contributed by atoms with Crippen LogP contribution >= 0.6 is 23.1 Å². The number of nitrogens with one attached hydrogen (secondary N) is 2. The van der Waals surface area contributed by atoms with E-state index in [1.54, 1.807) is 43.7 Å². The lowest BCUT2D eigenvalue weighted by Crippen LogP contribution is -2.25. The van der Waals surface area contributed by atoms with E-state index in [4.69, 9.17) is 14.2 Å². The van der Waals surface area contributed by atoms with Gasteiger partial charge in [0.05, 0.1) is 38.2 Å². The Morgan fingerprint density at radius 2 is 1.85 bits per heavy atom. The summed E-state index contributed by atoms with van der Waals surface area (Å²) in [6, 6.07) is 4.92. The first-order valence-corrected chi connectivity index (χ1v) is 14.1. The molecule has 0 saturated heterocycles. The third-order valence-electron chi connectivity index (χ3n) is 6.23. The Morgan fingerprint density at radius 3 is 2.51 bits per heavy atom. The second kappa shape index (κ2) is 12.5. The van der Waals surface area contributed by atoms with E-state index < -0.39 is 11.2 Å². The molecule has 2 heterocycles.